The highest BCUT2D eigenvalue weighted by molar-refractivity contribution is 5.87. The average molecular weight is 455 g/mol. The van der Waals surface area contributed by atoms with E-state index in [-0.39, 0.29) is 30.4 Å². The van der Waals surface area contributed by atoms with Crippen LogP contribution in [0.15, 0.2) is 24.3 Å². The second-order valence-corrected chi connectivity index (χ2v) is 9.13. The monoisotopic (exact) mass is 454 g/mol. The number of rotatable bonds is 8. The minimum Gasteiger partial charge on any atom is -0.497 e. The van der Waals surface area contributed by atoms with Crippen LogP contribution in [0.5, 0.6) is 5.75 Å². The number of ether oxygens (including phenoxy) is 1. The zero-order chi connectivity index (χ0) is 23.2. The lowest BCUT2D eigenvalue weighted by Gasteiger charge is -2.38. The Hall–Kier alpha value is -2.97. The van der Waals surface area contributed by atoms with E-state index in [1.54, 1.807) is 12.0 Å². The van der Waals surface area contributed by atoms with Crippen LogP contribution in [0, 0.1) is 0 Å². The molecule has 0 spiro atoms. The Bertz CT molecular complexity index is 949. The van der Waals surface area contributed by atoms with Crippen molar-refractivity contribution in [3.05, 3.63) is 24.3 Å². The van der Waals surface area contributed by atoms with Gasteiger partial charge in [-0.25, -0.2) is 0 Å². The first-order chi connectivity index (χ1) is 16.0. The van der Waals surface area contributed by atoms with Gasteiger partial charge in [-0.3, -0.25) is 9.59 Å². The Kier molecular flexibility index (Phi) is 7.57. The summed E-state index contributed by atoms with van der Waals surface area (Å²) in [6.07, 6.45) is 9.52. The van der Waals surface area contributed by atoms with Crippen molar-refractivity contribution in [2.45, 2.75) is 89.4 Å². The largest absolute Gasteiger partial charge is 0.497 e. The third kappa shape index (κ3) is 5.69. The summed E-state index contributed by atoms with van der Waals surface area (Å²) in [5, 5.41) is 15.8. The Morgan fingerprint density at radius 2 is 1.88 bits per heavy atom. The molecule has 2 saturated carbocycles. The van der Waals surface area contributed by atoms with Crippen LogP contribution in [0.2, 0.25) is 0 Å². The van der Waals surface area contributed by atoms with Gasteiger partial charge in [0.25, 0.3) is 0 Å². The number of carbonyl (C=O) groups is 2. The molecule has 2 aliphatic rings. The summed E-state index contributed by atoms with van der Waals surface area (Å²) in [5.41, 5.74) is 0.765. The molecule has 2 amide bonds. The van der Waals surface area contributed by atoms with Crippen LogP contribution < -0.4 is 10.1 Å². The third-order valence-corrected chi connectivity index (χ3v) is 6.81. The van der Waals surface area contributed by atoms with Crippen LogP contribution in [0.3, 0.4) is 0 Å². The number of aromatic nitrogens is 4. The quantitative estimate of drug-likeness (QED) is 0.658. The van der Waals surface area contributed by atoms with E-state index in [1.807, 2.05) is 31.2 Å². The Balaban J connectivity index is 1.47. The van der Waals surface area contributed by atoms with Gasteiger partial charge in [0.15, 0.2) is 0 Å². The Morgan fingerprint density at radius 1 is 1.15 bits per heavy atom. The normalized spacial score (nSPS) is 18.1. The van der Waals surface area contributed by atoms with E-state index in [9.17, 15) is 9.59 Å². The molecule has 9 nitrogen and oxygen atoms in total. The van der Waals surface area contributed by atoms with Crippen molar-refractivity contribution >= 4 is 11.8 Å². The third-order valence-electron chi connectivity index (χ3n) is 6.81. The molecule has 1 unspecified atom stereocenters. The minimum atomic E-state index is -0.525. The van der Waals surface area contributed by atoms with Crippen molar-refractivity contribution in [1.29, 1.82) is 0 Å². The highest BCUT2D eigenvalue weighted by atomic mass is 16.5. The van der Waals surface area contributed by atoms with Gasteiger partial charge in [-0.05, 0) is 50.0 Å². The maximum atomic E-state index is 13.4. The second-order valence-electron chi connectivity index (χ2n) is 9.13. The number of tetrazole rings is 1. The fraction of sp³-hybridized carbons (Fsp3) is 0.625. The molecule has 178 valence electrons. The maximum absolute atomic E-state index is 13.4. The fourth-order valence-electron chi connectivity index (χ4n) is 5.00. The molecule has 33 heavy (non-hydrogen) atoms. The number of nitrogens with zero attached hydrogens (tertiary/aromatic N) is 5. The molecular weight excluding hydrogens is 420 g/mol. The number of benzene rings is 1. The molecule has 1 heterocycles. The van der Waals surface area contributed by atoms with Crippen LogP contribution in [0.25, 0.3) is 11.4 Å². The van der Waals surface area contributed by atoms with Crippen molar-refractivity contribution < 1.29 is 14.3 Å². The van der Waals surface area contributed by atoms with E-state index in [2.05, 4.69) is 20.7 Å². The number of nitrogens with one attached hydrogen (secondary N) is 1. The van der Waals surface area contributed by atoms with Crippen molar-refractivity contribution in [2.24, 2.45) is 0 Å². The molecule has 0 aliphatic heterocycles. The zero-order valence-electron chi connectivity index (χ0n) is 19.6. The minimum absolute atomic E-state index is 0.0471. The molecule has 9 heteroatoms. The molecule has 0 saturated heterocycles. The topological polar surface area (TPSA) is 102 Å². The van der Waals surface area contributed by atoms with Crippen molar-refractivity contribution in [3.8, 4) is 17.1 Å². The van der Waals surface area contributed by atoms with Gasteiger partial charge >= 0.3 is 0 Å². The van der Waals surface area contributed by atoms with Crippen molar-refractivity contribution in [1.82, 2.24) is 30.4 Å². The van der Waals surface area contributed by atoms with Gasteiger partial charge in [0.2, 0.25) is 17.6 Å². The Morgan fingerprint density at radius 3 is 2.61 bits per heavy atom. The number of carbonyl (C=O) groups excluding carboxylic acids is 2. The van der Waals surface area contributed by atoms with Crippen LogP contribution >= 0.6 is 0 Å². The number of hydrogen-bond acceptors (Lipinski definition) is 6. The van der Waals surface area contributed by atoms with Crippen molar-refractivity contribution in [3.63, 3.8) is 0 Å². The van der Waals surface area contributed by atoms with Gasteiger partial charge in [-0.15, -0.1) is 10.2 Å². The van der Waals surface area contributed by atoms with Crippen molar-refractivity contribution in [2.75, 3.05) is 7.11 Å². The van der Waals surface area contributed by atoms with Crippen LogP contribution in [-0.2, 0) is 16.1 Å². The van der Waals surface area contributed by atoms with E-state index in [0.717, 1.165) is 56.9 Å². The first kappa shape index (κ1) is 23.2. The Labute approximate surface area is 194 Å². The first-order valence-corrected chi connectivity index (χ1v) is 12.1. The molecule has 1 N–H and O–H groups in total. The number of hydrogen-bond donors (Lipinski definition) is 1. The molecule has 0 bridgehead atoms. The van der Waals surface area contributed by atoms with Crippen LogP contribution in [0.1, 0.15) is 64.7 Å². The molecule has 2 aliphatic carbocycles. The lowest BCUT2D eigenvalue weighted by Crippen LogP contribution is -2.55. The predicted molar refractivity (Wildman–Crippen MR) is 123 cm³/mol. The van der Waals surface area contributed by atoms with Crippen LogP contribution in [-0.4, -0.2) is 62.2 Å². The first-order valence-electron chi connectivity index (χ1n) is 12.1. The smallest absolute Gasteiger partial charge is 0.247 e. The average Bonchev–Trinajstić information content (AvgIpc) is 3.52. The zero-order valence-corrected chi connectivity index (χ0v) is 19.6. The van der Waals surface area contributed by atoms with E-state index < -0.39 is 6.04 Å². The summed E-state index contributed by atoms with van der Waals surface area (Å²) in [6.45, 7) is 1.79. The summed E-state index contributed by atoms with van der Waals surface area (Å²) in [7, 11) is 1.60. The summed E-state index contributed by atoms with van der Waals surface area (Å²) in [4.78, 5) is 29.6. The van der Waals surface area contributed by atoms with E-state index in [4.69, 9.17) is 4.74 Å². The summed E-state index contributed by atoms with van der Waals surface area (Å²) in [6, 6.07) is 7.17. The predicted octanol–water partition coefficient (Wildman–Crippen LogP) is 2.96. The highest BCUT2D eigenvalue weighted by Gasteiger charge is 2.34. The lowest BCUT2D eigenvalue weighted by molar-refractivity contribution is -0.144. The summed E-state index contributed by atoms with van der Waals surface area (Å²) in [5.74, 6) is 0.915. The molecule has 4 rings (SSSR count). The highest BCUT2D eigenvalue weighted by Crippen LogP contribution is 2.26. The molecule has 1 atom stereocenters. The van der Waals surface area contributed by atoms with Gasteiger partial charge in [-0.1, -0.05) is 44.2 Å². The SMILES string of the molecule is COc1cccc(-c2nnn(CC(=O)N(C3CCCCC3)C(C)C(=O)NC3CCCC3)n2)c1. The van der Waals surface area contributed by atoms with Gasteiger partial charge < -0.3 is 15.0 Å². The maximum Gasteiger partial charge on any atom is 0.247 e. The molecule has 1 aromatic carbocycles. The fourth-order valence-corrected chi connectivity index (χ4v) is 5.00. The summed E-state index contributed by atoms with van der Waals surface area (Å²) < 4.78 is 5.26. The van der Waals surface area contributed by atoms with E-state index in [1.165, 1.54) is 11.2 Å². The lowest BCUT2D eigenvalue weighted by atomic mass is 9.93. The summed E-state index contributed by atoms with van der Waals surface area (Å²) >= 11 is 0. The second kappa shape index (κ2) is 10.8. The molecule has 2 aromatic rings. The standard InChI is InChI=1S/C24H34N6O3/c1-17(24(32)25-19-10-6-7-11-19)30(20-12-4-3-5-13-20)22(31)16-29-27-23(26-28-29)18-9-8-14-21(15-18)33-2/h8-9,14-15,17,19-20H,3-7,10-13,16H2,1-2H3,(H,25,32). The van der Waals surface area contributed by atoms with Gasteiger partial charge in [0, 0.05) is 17.6 Å². The molecular formula is C24H34N6O3. The van der Waals surface area contributed by atoms with E-state index >= 15 is 0 Å². The van der Waals surface area contributed by atoms with Gasteiger partial charge in [0.05, 0.1) is 7.11 Å². The molecule has 2 fully saturated rings. The number of amides is 2. The number of methoxy groups -OCH3 is 1. The van der Waals surface area contributed by atoms with Gasteiger partial charge in [-0.2, -0.15) is 4.80 Å². The molecule has 0 radical (unpaired) electrons. The van der Waals surface area contributed by atoms with Gasteiger partial charge in [0.1, 0.15) is 18.3 Å². The van der Waals surface area contributed by atoms with E-state index in [0.29, 0.717) is 11.6 Å². The van der Waals surface area contributed by atoms with Crippen LogP contribution in [0.4, 0.5) is 0 Å². The molecule has 1 aromatic heterocycles.